The number of nitrogens with one attached hydrogen (secondary N) is 2. The molecule has 2 heterocycles. The lowest BCUT2D eigenvalue weighted by molar-refractivity contribution is -0.205. The molecule has 4 atom stereocenters. The third-order valence-corrected chi connectivity index (χ3v) is 9.44. The highest BCUT2D eigenvalue weighted by molar-refractivity contribution is 5.95. The number of benzene rings is 1. The molecule has 2 aliphatic rings. The summed E-state index contributed by atoms with van der Waals surface area (Å²) in [6.07, 6.45) is 14.7. The predicted octanol–water partition coefficient (Wildman–Crippen LogP) is 4.88. The van der Waals surface area contributed by atoms with E-state index in [0.29, 0.717) is 38.2 Å². The molecular weight excluding hydrogens is 558 g/mol. The first-order chi connectivity index (χ1) is 21.3. The molecular formula is C34H51N5O5. The lowest BCUT2D eigenvalue weighted by atomic mass is 9.59. The molecule has 44 heavy (non-hydrogen) atoms. The van der Waals surface area contributed by atoms with Crippen LogP contribution in [0.2, 0.25) is 0 Å². The molecule has 4 N–H and O–H groups in total. The first kappa shape index (κ1) is 33.8. The topological polar surface area (TPSA) is 138 Å². The summed E-state index contributed by atoms with van der Waals surface area (Å²) in [4.78, 5) is 53.0. The van der Waals surface area contributed by atoms with Gasteiger partial charge in [0, 0.05) is 30.8 Å². The Balaban J connectivity index is 1.82. The van der Waals surface area contributed by atoms with E-state index in [4.69, 9.17) is 15.4 Å². The Kier molecular flexibility index (Phi) is 12.9. The number of hydrogen-bond acceptors (Lipinski definition) is 7. The van der Waals surface area contributed by atoms with Crippen LogP contribution in [0.15, 0.2) is 49.1 Å². The second-order valence-electron chi connectivity index (χ2n) is 13.1. The minimum atomic E-state index is -1.23. The van der Waals surface area contributed by atoms with Crippen LogP contribution in [0.1, 0.15) is 90.0 Å². The summed E-state index contributed by atoms with van der Waals surface area (Å²) in [5, 5.41) is 0. The van der Waals surface area contributed by atoms with Crippen LogP contribution < -0.4 is 16.7 Å². The number of ketones is 1. The summed E-state index contributed by atoms with van der Waals surface area (Å²) in [6.45, 7) is 4.60. The van der Waals surface area contributed by atoms with E-state index in [0.717, 1.165) is 37.7 Å². The second kappa shape index (κ2) is 16.8. The van der Waals surface area contributed by atoms with Crippen LogP contribution in [0.5, 0.6) is 0 Å². The van der Waals surface area contributed by atoms with Crippen molar-refractivity contribution in [2.75, 3.05) is 6.61 Å². The maximum absolute atomic E-state index is 14.9. The van der Waals surface area contributed by atoms with Crippen LogP contribution in [0.3, 0.4) is 0 Å². The number of hydrazine groups is 1. The Hall–Kier alpha value is -3.08. The molecule has 10 nitrogen and oxygen atoms in total. The number of imidazole rings is 1. The Labute approximate surface area is 261 Å². The third-order valence-electron chi connectivity index (χ3n) is 9.44. The first-order valence-corrected chi connectivity index (χ1v) is 16.4. The Bertz CT molecular complexity index is 1160. The molecule has 242 valence electrons. The van der Waals surface area contributed by atoms with Crippen molar-refractivity contribution in [2.45, 2.75) is 104 Å². The molecule has 0 spiro atoms. The standard InChI is InChI=1S/C34H51N5O5/c1-25(2)21-28(32(41)37-35)31(33(42)38-44-30-15-9-10-20-43-30)34(22-27-13-7-4-8-14-27,17-16-26-11-5-3-6-12-26)29(40)23-39-19-18-36-24-39/h4,7-8,13-14,18-19,24-26,28,30-31H,3,5-6,9-12,15-17,20-23,35H2,1-2H3,(H,37,41)(H,38,42)/t28-,30?,31-,34?/m1/s1. The highest BCUT2D eigenvalue weighted by Crippen LogP contribution is 2.46. The Morgan fingerprint density at radius 1 is 1.07 bits per heavy atom. The van der Waals surface area contributed by atoms with Gasteiger partial charge in [-0.2, -0.15) is 0 Å². The van der Waals surface area contributed by atoms with Crippen molar-refractivity contribution in [1.82, 2.24) is 20.5 Å². The average Bonchev–Trinajstić information content (AvgIpc) is 3.56. The molecule has 2 fully saturated rings. The average molecular weight is 610 g/mol. The second-order valence-corrected chi connectivity index (χ2v) is 13.1. The van der Waals surface area contributed by atoms with Crippen molar-refractivity contribution in [3.63, 3.8) is 0 Å². The molecule has 1 aliphatic heterocycles. The van der Waals surface area contributed by atoms with Gasteiger partial charge < -0.3 is 9.30 Å². The summed E-state index contributed by atoms with van der Waals surface area (Å²) < 4.78 is 7.45. The molecule has 1 aromatic carbocycles. The maximum atomic E-state index is 14.9. The molecule has 1 aliphatic carbocycles. The summed E-state index contributed by atoms with van der Waals surface area (Å²) in [5.41, 5.74) is 4.70. The number of hydroxylamine groups is 1. The monoisotopic (exact) mass is 609 g/mol. The summed E-state index contributed by atoms with van der Waals surface area (Å²) in [6, 6.07) is 9.80. The zero-order valence-corrected chi connectivity index (χ0v) is 26.4. The third kappa shape index (κ3) is 9.22. The van der Waals surface area contributed by atoms with Crippen LogP contribution in [-0.4, -0.2) is 40.0 Å². The van der Waals surface area contributed by atoms with E-state index in [1.807, 2.05) is 44.2 Å². The van der Waals surface area contributed by atoms with Gasteiger partial charge in [0.1, 0.15) is 0 Å². The van der Waals surface area contributed by atoms with E-state index in [2.05, 4.69) is 15.9 Å². The van der Waals surface area contributed by atoms with Crippen LogP contribution in [0.25, 0.3) is 0 Å². The molecule has 1 saturated heterocycles. The number of rotatable bonds is 16. The minimum Gasteiger partial charge on any atom is -0.350 e. The quantitative estimate of drug-likeness (QED) is 0.140. The van der Waals surface area contributed by atoms with Crippen molar-refractivity contribution >= 4 is 17.6 Å². The lowest BCUT2D eigenvalue weighted by Crippen LogP contribution is -2.56. The van der Waals surface area contributed by atoms with Crippen molar-refractivity contribution in [2.24, 2.45) is 34.9 Å². The van der Waals surface area contributed by atoms with Crippen LogP contribution in [0, 0.1) is 29.1 Å². The van der Waals surface area contributed by atoms with Gasteiger partial charge in [0.05, 0.1) is 24.7 Å². The number of Topliss-reactive ketones (excluding diaryl/α,β-unsaturated/α-hetero) is 1. The zero-order chi connectivity index (χ0) is 31.4. The smallest absolute Gasteiger partial charge is 0.248 e. The molecule has 0 radical (unpaired) electrons. The molecule has 10 heteroatoms. The zero-order valence-electron chi connectivity index (χ0n) is 26.4. The van der Waals surface area contributed by atoms with Crippen LogP contribution >= 0.6 is 0 Å². The van der Waals surface area contributed by atoms with Gasteiger partial charge in [0.25, 0.3) is 0 Å². The molecule has 0 bridgehead atoms. The molecule has 1 saturated carbocycles. The normalized spacial score (nSPS) is 20.4. The van der Waals surface area contributed by atoms with E-state index >= 15 is 0 Å². The fourth-order valence-electron chi connectivity index (χ4n) is 7.19. The summed E-state index contributed by atoms with van der Waals surface area (Å²) in [7, 11) is 0. The fraction of sp³-hybridized carbons (Fsp3) is 0.647. The molecule has 4 rings (SSSR count). The number of nitrogens with two attached hydrogens (primary N) is 1. The number of ether oxygens (including phenoxy) is 1. The van der Waals surface area contributed by atoms with Crippen LogP contribution in [-0.2, 0) is 36.9 Å². The van der Waals surface area contributed by atoms with Gasteiger partial charge in [0.2, 0.25) is 11.8 Å². The van der Waals surface area contributed by atoms with Crippen LogP contribution in [0.4, 0.5) is 0 Å². The number of aromatic nitrogens is 2. The number of hydrogen-bond donors (Lipinski definition) is 3. The van der Waals surface area contributed by atoms with Gasteiger partial charge in [-0.05, 0) is 55.9 Å². The van der Waals surface area contributed by atoms with Crippen molar-refractivity contribution in [3.8, 4) is 0 Å². The van der Waals surface area contributed by atoms with E-state index in [9.17, 15) is 14.4 Å². The number of nitrogens with zero attached hydrogens (tertiary/aromatic N) is 2. The highest BCUT2D eigenvalue weighted by Gasteiger charge is 2.53. The molecule has 2 aromatic rings. The first-order valence-electron chi connectivity index (χ1n) is 16.4. The molecule has 2 unspecified atom stereocenters. The largest absolute Gasteiger partial charge is 0.350 e. The van der Waals surface area contributed by atoms with E-state index in [1.54, 1.807) is 23.3 Å². The van der Waals surface area contributed by atoms with Gasteiger partial charge in [0.15, 0.2) is 12.1 Å². The van der Waals surface area contributed by atoms with E-state index in [1.165, 1.54) is 19.3 Å². The van der Waals surface area contributed by atoms with E-state index in [-0.39, 0.29) is 18.2 Å². The Morgan fingerprint density at radius 2 is 1.82 bits per heavy atom. The lowest BCUT2D eigenvalue weighted by Gasteiger charge is -2.43. The van der Waals surface area contributed by atoms with Gasteiger partial charge in [-0.15, -0.1) is 0 Å². The predicted molar refractivity (Wildman–Crippen MR) is 167 cm³/mol. The van der Waals surface area contributed by atoms with Gasteiger partial charge in [-0.3, -0.25) is 19.8 Å². The van der Waals surface area contributed by atoms with E-state index < -0.39 is 35.4 Å². The number of amides is 2. The summed E-state index contributed by atoms with van der Waals surface area (Å²) in [5.74, 6) is 3.32. The SMILES string of the molecule is CC(C)C[C@@H](C(=O)NN)[C@H](C(=O)NOC1CCCCO1)C(CCC1CCCCC1)(Cc1ccccc1)C(=O)Cn1ccnc1. The highest BCUT2D eigenvalue weighted by atomic mass is 16.8. The van der Waals surface area contributed by atoms with Gasteiger partial charge in [-0.1, -0.05) is 76.3 Å². The minimum absolute atomic E-state index is 0.0342. The fourth-order valence-corrected chi connectivity index (χ4v) is 7.19. The molecule has 2 amide bonds. The van der Waals surface area contributed by atoms with Crippen molar-refractivity contribution in [1.29, 1.82) is 0 Å². The van der Waals surface area contributed by atoms with Gasteiger partial charge in [-0.25, -0.2) is 21.1 Å². The molecule has 1 aromatic heterocycles. The van der Waals surface area contributed by atoms with Gasteiger partial charge >= 0.3 is 0 Å². The Morgan fingerprint density at radius 3 is 2.45 bits per heavy atom. The van der Waals surface area contributed by atoms with Crippen molar-refractivity contribution in [3.05, 3.63) is 54.6 Å². The summed E-state index contributed by atoms with van der Waals surface area (Å²) >= 11 is 0. The number of carbonyl (C=O) groups is 3. The maximum Gasteiger partial charge on any atom is 0.248 e. The van der Waals surface area contributed by atoms with Crippen molar-refractivity contribution < 1.29 is 24.0 Å². The number of carbonyl (C=O) groups excluding carboxylic acids is 3.